The van der Waals surface area contributed by atoms with Crippen LogP contribution in [0.5, 0.6) is 0 Å². The smallest absolute Gasteiger partial charge is 0.410 e. The van der Waals surface area contributed by atoms with Crippen molar-refractivity contribution in [1.82, 2.24) is 20.2 Å². The number of piperidine rings is 1. The molecule has 22 heavy (non-hydrogen) atoms. The zero-order chi connectivity index (χ0) is 15.9. The second-order valence-electron chi connectivity index (χ2n) is 7.26. The van der Waals surface area contributed by atoms with Gasteiger partial charge in [0.1, 0.15) is 5.60 Å². The van der Waals surface area contributed by atoms with E-state index in [9.17, 15) is 4.79 Å². The van der Waals surface area contributed by atoms with Gasteiger partial charge in [0, 0.05) is 43.8 Å². The maximum absolute atomic E-state index is 12.0. The molecule has 6 nitrogen and oxygen atoms in total. The highest BCUT2D eigenvalue weighted by molar-refractivity contribution is 5.69. The topological polar surface area (TPSA) is 67.4 Å². The third-order valence-corrected chi connectivity index (χ3v) is 4.31. The summed E-state index contributed by atoms with van der Waals surface area (Å²) in [6.45, 7) is 9.36. The van der Waals surface area contributed by atoms with Crippen LogP contribution in [0.3, 0.4) is 0 Å². The van der Waals surface area contributed by atoms with Gasteiger partial charge in [-0.25, -0.2) is 4.79 Å². The lowest BCUT2D eigenvalue weighted by Crippen LogP contribution is -2.39. The lowest BCUT2D eigenvalue weighted by molar-refractivity contribution is 0.0268. The van der Waals surface area contributed by atoms with Crippen LogP contribution >= 0.6 is 0 Å². The highest BCUT2D eigenvalue weighted by Gasteiger charge is 2.57. The van der Waals surface area contributed by atoms with Gasteiger partial charge in [0.05, 0.1) is 5.69 Å². The average Bonchev–Trinajstić information content (AvgIpc) is 2.90. The molecule has 1 aliphatic carbocycles. The van der Waals surface area contributed by atoms with E-state index in [2.05, 4.69) is 22.2 Å². The zero-order valence-electron chi connectivity index (χ0n) is 13.6. The number of rotatable bonds is 3. The van der Waals surface area contributed by atoms with E-state index in [1.807, 2.05) is 25.7 Å². The van der Waals surface area contributed by atoms with Gasteiger partial charge in [0.2, 0.25) is 0 Å². The molecule has 1 saturated heterocycles. The Kier molecular flexibility index (Phi) is 3.80. The summed E-state index contributed by atoms with van der Waals surface area (Å²) in [5.41, 5.74) is 0.527. The number of hydrogen-bond donors (Lipinski definition) is 1. The summed E-state index contributed by atoms with van der Waals surface area (Å²) in [7, 11) is 0. The van der Waals surface area contributed by atoms with Gasteiger partial charge in [-0.15, -0.1) is 0 Å². The van der Waals surface area contributed by atoms with Crippen molar-refractivity contribution in [3.63, 3.8) is 0 Å². The van der Waals surface area contributed by atoms with E-state index in [1.165, 1.54) is 0 Å². The molecule has 120 valence electrons. The van der Waals surface area contributed by atoms with Gasteiger partial charge in [0.15, 0.2) is 0 Å². The fourth-order valence-corrected chi connectivity index (χ4v) is 3.16. The second kappa shape index (κ2) is 5.50. The maximum atomic E-state index is 12.0. The van der Waals surface area contributed by atoms with Crippen molar-refractivity contribution in [3.8, 4) is 0 Å². The molecule has 3 atom stereocenters. The number of hydrogen-bond acceptors (Lipinski definition) is 5. The van der Waals surface area contributed by atoms with Crippen LogP contribution in [-0.2, 0) is 4.74 Å². The SMILES string of the molecule is CC(NC1C2CN(C(=O)OC(C)(C)C)CC21)c1cnccn1. The fourth-order valence-electron chi connectivity index (χ4n) is 3.16. The van der Waals surface area contributed by atoms with Gasteiger partial charge in [-0.3, -0.25) is 9.97 Å². The number of aromatic nitrogens is 2. The maximum Gasteiger partial charge on any atom is 0.410 e. The van der Waals surface area contributed by atoms with E-state index < -0.39 is 5.60 Å². The van der Waals surface area contributed by atoms with Gasteiger partial charge in [-0.1, -0.05) is 0 Å². The van der Waals surface area contributed by atoms with Crippen LogP contribution in [0.15, 0.2) is 18.6 Å². The first kappa shape index (κ1) is 15.2. The number of ether oxygens (including phenoxy) is 1. The highest BCUT2D eigenvalue weighted by Crippen LogP contribution is 2.46. The Labute approximate surface area is 131 Å². The molecule has 1 saturated carbocycles. The molecule has 6 heteroatoms. The molecule has 0 spiro atoms. The van der Waals surface area contributed by atoms with Crippen molar-refractivity contribution in [3.05, 3.63) is 24.3 Å². The van der Waals surface area contributed by atoms with Crippen LogP contribution in [0.4, 0.5) is 4.79 Å². The quantitative estimate of drug-likeness (QED) is 0.925. The number of nitrogens with zero attached hydrogens (tertiary/aromatic N) is 3. The van der Waals surface area contributed by atoms with E-state index in [-0.39, 0.29) is 12.1 Å². The molecule has 1 amide bonds. The number of likely N-dealkylation sites (tertiary alicyclic amines) is 1. The first-order valence-electron chi connectivity index (χ1n) is 7.85. The molecular formula is C16H24N4O2. The lowest BCUT2D eigenvalue weighted by Gasteiger charge is -2.26. The Balaban J connectivity index is 1.48. The molecule has 1 aromatic rings. The molecule has 2 fully saturated rings. The van der Waals surface area contributed by atoms with E-state index in [4.69, 9.17) is 4.74 Å². The number of carbonyl (C=O) groups is 1. The van der Waals surface area contributed by atoms with Gasteiger partial charge in [-0.2, -0.15) is 0 Å². The van der Waals surface area contributed by atoms with E-state index in [0.29, 0.717) is 17.9 Å². The zero-order valence-corrected chi connectivity index (χ0v) is 13.6. The predicted octanol–water partition coefficient (Wildman–Crippen LogP) is 1.99. The Hall–Kier alpha value is -1.69. The standard InChI is InChI=1S/C16H24N4O2/c1-10(13-7-17-5-6-18-13)19-14-11-8-20(9-12(11)14)15(21)22-16(2,3)4/h5-7,10-12,14,19H,8-9H2,1-4H3. The Morgan fingerprint density at radius 3 is 2.59 bits per heavy atom. The molecule has 2 heterocycles. The van der Waals surface area contributed by atoms with Crippen molar-refractivity contribution < 1.29 is 9.53 Å². The molecule has 0 radical (unpaired) electrons. The Morgan fingerprint density at radius 1 is 1.36 bits per heavy atom. The number of nitrogens with one attached hydrogen (secondary N) is 1. The summed E-state index contributed by atoms with van der Waals surface area (Å²) < 4.78 is 5.42. The summed E-state index contributed by atoms with van der Waals surface area (Å²) in [6.07, 6.45) is 5.00. The van der Waals surface area contributed by atoms with Crippen LogP contribution in [0, 0.1) is 11.8 Å². The molecule has 1 aromatic heterocycles. The normalized spacial score (nSPS) is 28.2. The highest BCUT2D eigenvalue weighted by atomic mass is 16.6. The summed E-state index contributed by atoms with van der Waals surface area (Å²) >= 11 is 0. The summed E-state index contributed by atoms with van der Waals surface area (Å²) in [6, 6.07) is 0.648. The van der Waals surface area contributed by atoms with E-state index >= 15 is 0 Å². The van der Waals surface area contributed by atoms with Crippen molar-refractivity contribution in [2.24, 2.45) is 11.8 Å². The molecule has 3 rings (SSSR count). The molecule has 3 unspecified atom stereocenters. The molecule has 0 aromatic carbocycles. The van der Waals surface area contributed by atoms with E-state index in [0.717, 1.165) is 18.8 Å². The van der Waals surface area contributed by atoms with Crippen molar-refractivity contribution in [1.29, 1.82) is 0 Å². The Morgan fingerprint density at radius 2 is 2.05 bits per heavy atom. The molecular weight excluding hydrogens is 280 g/mol. The number of amides is 1. The van der Waals surface area contributed by atoms with Crippen molar-refractivity contribution in [2.45, 2.75) is 45.4 Å². The largest absolute Gasteiger partial charge is 0.444 e. The van der Waals surface area contributed by atoms with Crippen LogP contribution in [0.1, 0.15) is 39.4 Å². The lowest BCUT2D eigenvalue weighted by atomic mass is 10.2. The van der Waals surface area contributed by atoms with Crippen molar-refractivity contribution in [2.75, 3.05) is 13.1 Å². The summed E-state index contributed by atoms with van der Waals surface area (Å²) in [5, 5.41) is 3.60. The number of fused-ring (bicyclic) bond motifs is 1. The predicted molar refractivity (Wildman–Crippen MR) is 82.2 cm³/mol. The molecule has 1 aliphatic heterocycles. The van der Waals surface area contributed by atoms with Gasteiger partial charge in [-0.05, 0) is 39.5 Å². The first-order chi connectivity index (χ1) is 10.3. The third-order valence-electron chi connectivity index (χ3n) is 4.31. The van der Waals surface area contributed by atoms with Crippen LogP contribution in [0.25, 0.3) is 0 Å². The molecule has 1 N–H and O–H groups in total. The Bertz CT molecular complexity index is 531. The average molecular weight is 304 g/mol. The fraction of sp³-hybridized carbons (Fsp3) is 0.688. The summed E-state index contributed by atoms with van der Waals surface area (Å²) in [5.74, 6) is 1.07. The monoisotopic (exact) mass is 304 g/mol. The first-order valence-corrected chi connectivity index (χ1v) is 7.85. The minimum Gasteiger partial charge on any atom is -0.444 e. The van der Waals surface area contributed by atoms with Crippen LogP contribution in [-0.4, -0.2) is 45.7 Å². The van der Waals surface area contributed by atoms with Crippen molar-refractivity contribution >= 4 is 6.09 Å². The second-order valence-corrected chi connectivity index (χ2v) is 7.26. The van der Waals surface area contributed by atoms with E-state index in [1.54, 1.807) is 18.6 Å². The van der Waals surface area contributed by atoms with Crippen LogP contribution < -0.4 is 5.32 Å². The summed E-state index contributed by atoms with van der Waals surface area (Å²) in [4.78, 5) is 22.3. The van der Waals surface area contributed by atoms with Gasteiger partial charge in [0.25, 0.3) is 0 Å². The van der Waals surface area contributed by atoms with Gasteiger partial charge < -0.3 is 15.0 Å². The van der Waals surface area contributed by atoms with Crippen LogP contribution in [0.2, 0.25) is 0 Å². The molecule has 2 aliphatic rings. The number of carbonyl (C=O) groups excluding carboxylic acids is 1. The third kappa shape index (κ3) is 3.21. The minimum absolute atomic E-state index is 0.180. The molecule has 0 bridgehead atoms. The van der Waals surface area contributed by atoms with Gasteiger partial charge >= 0.3 is 6.09 Å². The minimum atomic E-state index is -0.429.